The monoisotopic (exact) mass is 560 g/mol. The third-order valence-corrected chi connectivity index (χ3v) is 6.26. The van der Waals surface area contributed by atoms with Gasteiger partial charge in [-0.1, -0.05) is 51.8 Å². The highest BCUT2D eigenvalue weighted by Gasteiger charge is 2.16. The van der Waals surface area contributed by atoms with E-state index in [1.165, 1.54) is 13.0 Å². The molecule has 35 heavy (non-hydrogen) atoms. The van der Waals surface area contributed by atoms with Gasteiger partial charge in [0, 0.05) is 54.0 Å². The van der Waals surface area contributed by atoms with Gasteiger partial charge in [0.1, 0.15) is 12.4 Å². The molecule has 5 N–H and O–H groups in total. The maximum Gasteiger partial charge on any atom is 0.255 e. The molecular weight excluding hydrogens is 532 g/mol. The van der Waals surface area contributed by atoms with Gasteiger partial charge in [0.05, 0.1) is 5.56 Å². The van der Waals surface area contributed by atoms with Gasteiger partial charge >= 0.3 is 0 Å². The van der Waals surface area contributed by atoms with Gasteiger partial charge in [0.15, 0.2) is 5.78 Å². The standard InChI is InChI=1S/C26H30BrClN4O3/c1-17(33)10-22(29)16-35-25-7-3-18(2-4-20-5-6-21(28)12-24(20)27)11-23(25)26(34)32-9-8-30-13-19-14-31-15-19/h2-7,10-12,19,30-31H,8-9,13-16,29H2,1H3,(H,32,34)/b4-2+,22-10?. The summed E-state index contributed by atoms with van der Waals surface area (Å²) in [6, 6.07) is 10.9. The predicted molar refractivity (Wildman–Crippen MR) is 145 cm³/mol. The average molecular weight is 562 g/mol. The van der Waals surface area contributed by atoms with Crippen LogP contribution in [0.2, 0.25) is 5.02 Å². The molecule has 0 bridgehead atoms. The summed E-state index contributed by atoms with van der Waals surface area (Å²) in [6.07, 6.45) is 5.15. The smallest absolute Gasteiger partial charge is 0.255 e. The Kier molecular flexibility index (Phi) is 10.3. The first-order valence-corrected chi connectivity index (χ1v) is 12.5. The van der Waals surface area contributed by atoms with Gasteiger partial charge < -0.3 is 26.4 Å². The summed E-state index contributed by atoms with van der Waals surface area (Å²) < 4.78 is 6.65. The summed E-state index contributed by atoms with van der Waals surface area (Å²) >= 11 is 9.53. The summed E-state index contributed by atoms with van der Waals surface area (Å²) in [4.78, 5) is 24.2. The van der Waals surface area contributed by atoms with Crippen LogP contribution in [0.1, 0.15) is 28.4 Å². The molecule has 0 saturated carbocycles. The second kappa shape index (κ2) is 13.4. The highest BCUT2D eigenvalue weighted by Crippen LogP contribution is 2.25. The molecule has 1 aliphatic heterocycles. The minimum atomic E-state index is -0.246. The Morgan fingerprint density at radius 2 is 2.00 bits per heavy atom. The second-order valence-corrected chi connectivity index (χ2v) is 9.65. The van der Waals surface area contributed by atoms with Crippen LogP contribution in [0.15, 0.2) is 52.6 Å². The summed E-state index contributed by atoms with van der Waals surface area (Å²) in [6.45, 7) is 5.59. The summed E-state index contributed by atoms with van der Waals surface area (Å²) in [5, 5.41) is 10.2. The van der Waals surface area contributed by atoms with Crippen LogP contribution in [0.4, 0.5) is 0 Å². The van der Waals surface area contributed by atoms with E-state index in [1.807, 2.05) is 36.4 Å². The fourth-order valence-electron chi connectivity index (χ4n) is 3.40. The van der Waals surface area contributed by atoms with Crippen LogP contribution in [-0.2, 0) is 4.79 Å². The molecule has 0 unspecified atom stereocenters. The molecule has 186 valence electrons. The van der Waals surface area contributed by atoms with Crippen LogP contribution in [0.3, 0.4) is 0 Å². The van der Waals surface area contributed by atoms with Crippen LogP contribution in [-0.4, -0.2) is 51.0 Å². The molecule has 2 aromatic carbocycles. The largest absolute Gasteiger partial charge is 0.487 e. The number of allylic oxidation sites excluding steroid dienone is 1. The lowest BCUT2D eigenvalue weighted by Gasteiger charge is -2.27. The van der Waals surface area contributed by atoms with Crippen molar-refractivity contribution < 1.29 is 14.3 Å². The first kappa shape index (κ1) is 26.9. The van der Waals surface area contributed by atoms with Gasteiger partial charge in [-0.15, -0.1) is 0 Å². The minimum Gasteiger partial charge on any atom is -0.487 e. The zero-order valence-electron chi connectivity index (χ0n) is 19.6. The van der Waals surface area contributed by atoms with Gasteiger partial charge in [-0.05, 0) is 48.2 Å². The molecule has 0 aliphatic carbocycles. The Balaban J connectivity index is 1.71. The molecule has 3 rings (SSSR count). The van der Waals surface area contributed by atoms with E-state index >= 15 is 0 Å². The Morgan fingerprint density at radius 1 is 1.20 bits per heavy atom. The van der Waals surface area contributed by atoms with Crippen LogP contribution in [0.5, 0.6) is 5.75 Å². The van der Waals surface area contributed by atoms with Gasteiger partial charge in [0.2, 0.25) is 0 Å². The fraction of sp³-hybridized carbons (Fsp3) is 0.308. The number of amides is 1. The predicted octanol–water partition coefficient (Wildman–Crippen LogP) is 3.62. The van der Waals surface area contributed by atoms with Crippen LogP contribution >= 0.6 is 27.5 Å². The first-order chi connectivity index (χ1) is 16.8. The van der Waals surface area contributed by atoms with Crippen LogP contribution in [0, 0.1) is 5.92 Å². The molecule has 0 spiro atoms. The van der Waals surface area contributed by atoms with Crippen molar-refractivity contribution in [1.29, 1.82) is 0 Å². The topological polar surface area (TPSA) is 105 Å². The number of rotatable bonds is 12. The Hall–Kier alpha value is -2.65. The van der Waals surface area contributed by atoms with E-state index in [-0.39, 0.29) is 24.0 Å². The molecule has 1 fully saturated rings. The molecule has 1 aliphatic rings. The molecule has 1 heterocycles. The van der Waals surface area contributed by atoms with Gasteiger partial charge in [-0.2, -0.15) is 0 Å². The van der Waals surface area contributed by atoms with Crippen molar-refractivity contribution in [2.45, 2.75) is 6.92 Å². The maximum absolute atomic E-state index is 13.0. The number of hydrogen-bond donors (Lipinski definition) is 4. The van der Waals surface area contributed by atoms with Crippen molar-refractivity contribution in [2.75, 3.05) is 39.3 Å². The van der Waals surface area contributed by atoms with E-state index in [9.17, 15) is 9.59 Å². The minimum absolute atomic E-state index is 0.00372. The zero-order chi connectivity index (χ0) is 25.2. The number of halogens is 2. The van der Waals surface area contributed by atoms with Crippen LogP contribution in [0.25, 0.3) is 12.2 Å². The van der Waals surface area contributed by atoms with Gasteiger partial charge in [-0.25, -0.2) is 0 Å². The maximum atomic E-state index is 13.0. The second-order valence-electron chi connectivity index (χ2n) is 8.36. The fourth-order valence-corrected chi connectivity index (χ4v) is 4.21. The SMILES string of the molecule is CC(=O)C=C(N)COc1ccc(/C=C/c2ccc(Cl)cc2Br)cc1C(=O)NCCNCC1CNC1. The molecule has 0 atom stereocenters. The number of nitrogens with one attached hydrogen (secondary N) is 3. The van der Waals surface area contributed by atoms with E-state index < -0.39 is 0 Å². The molecular formula is C26H30BrClN4O3. The Bertz CT molecular complexity index is 1120. The highest BCUT2D eigenvalue weighted by molar-refractivity contribution is 9.10. The zero-order valence-corrected chi connectivity index (χ0v) is 21.9. The highest BCUT2D eigenvalue weighted by atomic mass is 79.9. The van der Waals surface area contributed by atoms with Crippen molar-refractivity contribution in [3.63, 3.8) is 0 Å². The lowest BCUT2D eigenvalue weighted by atomic mass is 10.0. The Labute approximate surface area is 219 Å². The van der Waals surface area contributed by atoms with Crippen molar-refractivity contribution in [1.82, 2.24) is 16.0 Å². The van der Waals surface area contributed by atoms with Gasteiger partial charge in [0.25, 0.3) is 5.91 Å². The van der Waals surface area contributed by atoms with E-state index in [0.717, 1.165) is 35.2 Å². The van der Waals surface area contributed by atoms with Crippen LogP contribution < -0.4 is 26.4 Å². The quantitative estimate of drug-likeness (QED) is 0.179. The molecule has 1 amide bonds. The number of carbonyl (C=O) groups excluding carboxylic acids is 2. The Morgan fingerprint density at radius 3 is 2.69 bits per heavy atom. The number of benzene rings is 2. The van der Waals surface area contributed by atoms with Crippen molar-refractivity contribution in [3.8, 4) is 5.75 Å². The number of ketones is 1. The molecule has 2 aromatic rings. The van der Waals surface area contributed by atoms with E-state index in [2.05, 4.69) is 31.9 Å². The summed E-state index contributed by atoms with van der Waals surface area (Å²) in [5.74, 6) is 0.635. The van der Waals surface area contributed by atoms with Crippen molar-refractivity contribution in [3.05, 3.63) is 74.4 Å². The number of carbonyl (C=O) groups is 2. The van der Waals surface area contributed by atoms with E-state index in [4.69, 9.17) is 22.1 Å². The third kappa shape index (κ3) is 8.81. The first-order valence-electron chi connectivity index (χ1n) is 11.4. The van der Waals surface area contributed by atoms with E-state index in [1.54, 1.807) is 12.1 Å². The molecule has 9 heteroatoms. The number of hydrogen-bond acceptors (Lipinski definition) is 6. The number of nitrogens with two attached hydrogens (primary N) is 1. The normalized spacial score (nSPS) is 14.1. The summed E-state index contributed by atoms with van der Waals surface area (Å²) in [5.41, 5.74) is 8.30. The lowest BCUT2D eigenvalue weighted by Crippen LogP contribution is -2.48. The van der Waals surface area contributed by atoms with E-state index in [0.29, 0.717) is 35.3 Å². The average Bonchev–Trinajstić information content (AvgIpc) is 2.78. The summed E-state index contributed by atoms with van der Waals surface area (Å²) in [7, 11) is 0. The molecule has 0 radical (unpaired) electrons. The third-order valence-electron chi connectivity index (χ3n) is 5.34. The van der Waals surface area contributed by atoms with Crippen molar-refractivity contribution in [2.24, 2.45) is 11.7 Å². The number of ether oxygens (including phenoxy) is 1. The molecule has 7 nitrogen and oxygen atoms in total. The van der Waals surface area contributed by atoms with Gasteiger partial charge in [-0.3, -0.25) is 9.59 Å². The molecule has 0 aromatic heterocycles. The lowest BCUT2D eigenvalue weighted by molar-refractivity contribution is -0.112. The van der Waals surface area contributed by atoms with Crippen molar-refractivity contribution >= 4 is 51.4 Å². The molecule has 1 saturated heterocycles.